The van der Waals surface area contributed by atoms with E-state index in [2.05, 4.69) is 0 Å². The summed E-state index contributed by atoms with van der Waals surface area (Å²) >= 11 is 0. The van der Waals surface area contributed by atoms with E-state index in [0.29, 0.717) is 0 Å². The third kappa shape index (κ3) is 2.13. The number of ketones is 2. The molecule has 1 rings (SSSR count). The van der Waals surface area contributed by atoms with Gasteiger partial charge in [-0.05, 0) is 20.8 Å². The maximum atomic E-state index is 11.9. The smallest absolute Gasteiger partial charge is 0.342 e. The van der Waals surface area contributed by atoms with Crippen LogP contribution in [0, 0.1) is 0 Å². The molecule has 5 nitrogen and oxygen atoms in total. The van der Waals surface area contributed by atoms with Crippen LogP contribution in [-0.4, -0.2) is 31.3 Å². The van der Waals surface area contributed by atoms with Gasteiger partial charge in [0.05, 0.1) is 13.7 Å². The summed E-state index contributed by atoms with van der Waals surface area (Å²) in [5, 5.41) is 0. The number of hydrogen-bond acceptors (Lipinski definition) is 5. The zero-order valence-corrected chi connectivity index (χ0v) is 10.2. The van der Waals surface area contributed by atoms with E-state index in [1.165, 1.54) is 21.0 Å². The number of Topliss-reactive ketones (excluding diaryl/α,β-unsaturated/α-hetero) is 2. The molecule has 0 aromatic carbocycles. The van der Waals surface area contributed by atoms with Gasteiger partial charge < -0.3 is 9.47 Å². The molecule has 0 spiro atoms. The van der Waals surface area contributed by atoms with Gasteiger partial charge in [0.2, 0.25) is 5.78 Å². The monoisotopic (exact) mass is 238 g/mol. The van der Waals surface area contributed by atoms with Crippen LogP contribution >= 0.6 is 0 Å². The molecule has 0 aromatic rings. The van der Waals surface area contributed by atoms with Crippen molar-refractivity contribution in [1.82, 2.24) is 0 Å². The first kappa shape index (κ1) is 13.2. The Bertz CT molecular complexity index is 454. The summed E-state index contributed by atoms with van der Waals surface area (Å²) in [6, 6.07) is 0. The Kier molecular flexibility index (Phi) is 3.83. The molecular formula is C12H14O5. The number of carbonyl (C=O) groups is 3. The fourth-order valence-electron chi connectivity index (χ4n) is 1.61. The van der Waals surface area contributed by atoms with E-state index in [1.807, 2.05) is 0 Å². The summed E-state index contributed by atoms with van der Waals surface area (Å²) in [6.45, 7) is 4.64. The van der Waals surface area contributed by atoms with E-state index in [9.17, 15) is 14.4 Å². The van der Waals surface area contributed by atoms with Gasteiger partial charge in [-0.3, -0.25) is 9.59 Å². The quantitative estimate of drug-likeness (QED) is 0.415. The van der Waals surface area contributed by atoms with E-state index in [0.717, 1.165) is 0 Å². The predicted octanol–water partition coefficient (Wildman–Crippen LogP) is 0.938. The Balaban J connectivity index is 3.26. The van der Waals surface area contributed by atoms with Crippen molar-refractivity contribution < 1.29 is 23.9 Å². The SMILES string of the molecule is CCOC(=O)C1=C(C)C(=O)C(OC)=C(C)C1=O. The molecule has 1 aliphatic carbocycles. The fourth-order valence-corrected chi connectivity index (χ4v) is 1.61. The van der Waals surface area contributed by atoms with Gasteiger partial charge in [0, 0.05) is 11.1 Å². The predicted molar refractivity (Wildman–Crippen MR) is 59.1 cm³/mol. The van der Waals surface area contributed by atoms with E-state index >= 15 is 0 Å². The van der Waals surface area contributed by atoms with Crippen LogP contribution in [0.5, 0.6) is 0 Å². The molecule has 0 fully saturated rings. The van der Waals surface area contributed by atoms with Gasteiger partial charge in [0.15, 0.2) is 11.5 Å². The standard InChI is InChI=1S/C12H14O5/c1-5-17-12(15)8-6(2)10(14)11(16-4)7(3)9(8)13/h5H2,1-4H3. The number of allylic oxidation sites excluding steroid dienone is 2. The minimum atomic E-state index is -0.766. The summed E-state index contributed by atoms with van der Waals surface area (Å²) < 4.78 is 9.62. The first-order valence-corrected chi connectivity index (χ1v) is 5.17. The number of carbonyl (C=O) groups excluding carboxylic acids is 3. The molecule has 0 aliphatic heterocycles. The first-order valence-electron chi connectivity index (χ1n) is 5.17. The fraction of sp³-hybridized carbons (Fsp3) is 0.417. The lowest BCUT2D eigenvalue weighted by atomic mass is 9.89. The second-order valence-electron chi connectivity index (χ2n) is 3.54. The zero-order chi connectivity index (χ0) is 13.2. The highest BCUT2D eigenvalue weighted by atomic mass is 16.5. The van der Waals surface area contributed by atoms with Crippen molar-refractivity contribution in [1.29, 1.82) is 0 Å². The zero-order valence-electron chi connectivity index (χ0n) is 10.2. The van der Waals surface area contributed by atoms with Gasteiger partial charge >= 0.3 is 5.97 Å². The average Bonchev–Trinajstić information content (AvgIpc) is 2.28. The van der Waals surface area contributed by atoms with Crippen LogP contribution in [0.4, 0.5) is 0 Å². The lowest BCUT2D eigenvalue weighted by Gasteiger charge is -2.18. The number of ether oxygens (including phenoxy) is 2. The molecule has 0 saturated heterocycles. The van der Waals surface area contributed by atoms with Crippen molar-refractivity contribution >= 4 is 17.5 Å². The minimum Gasteiger partial charge on any atom is -0.492 e. The molecule has 0 saturated carbocycles. The first-order chi connectivity index (χ1) is 7.95. The van der Waals surface area contributed by atoms with E-state index in [1.54, 1.807) is 6.92 Å². The number of methoxy groups -OCH3 is 1. The van der Waals surface area contributed by atoms with Crippen molar-refractivity contribution in [2.45, 2.75) is 20.8 Å². The molecule has 1 aliphatic rings. The maximum absolute atomic E-state index is 11.9. The lowest BCUT2D eigenvalue weighted by molar-refractivity contribution is -0.140. The Hall–Kier alpha value is -1.91. The van der Waals surface area contributed by atoms with Gasteiger partial charge in [-0.2, -0.15) is 0 Å². The van der Waals surface area contributed by atoms with Gasteiger partial charge in [0.1, 0.15) is 5.57 Å². The van der Waals surface area contributed by atoms with Crippen molar-refractivity contribution in [3.05, 3.63) is 22.5 Å². The molecule has 0 unspecified atom stereocenters. The number of hydrogen-bond donors (Lipinski definition) is 0. The molecule has 17 heavy (non-hydrogen) atoms. The van der Waals surface area contributed by atoms with Crippen LogP contribution in [0.2, 0.25) is 0 Å². The second kappa shape index (κ2) is 4.95. The molecular weight excluding hydrogens is 224 g/mol. The molecule has 0 heterocycles. The van der Waals surface area contributed by atoms with Crippen molar-refractivity contribution in [2.24, 2.45) is 0 Å². The largest absolute Gasteiger partial charge is 0.492 e. The average molecular weight is 238 g/mol. The molecule has 0 aromatic heterocycles. The highest BCUT2D eigenvalue weighted by molar-refractivity contribution is 6.33. The van der Waals surface area contributed by atoms with Crippen molar-refractivity contribution in [3.63, 3.8) is 0 Å². The van der Waals surface area contributed by atoms with Crippen LogP contribution in [-0.2, 0) is 23.9 Å². The van der Waals surface area contributed by atoms with Crippen LogP contribution in [0.1, 0.15) is 20.8 Å². The summed E-state index contributed by atoms with van der Waals surface area (Å²) in [5.41, 5.74) is -0.00259. The van der Waals surface area contributed by atoms with E-state index in [-0.39, 0.29) is 29.1 Å². The van der Waals surface area contributed by atoms with Crippen LogP contribution < -0.4 is 0 Å². The van der Waals surface area contributed by atoms with Crippen LogP contribution in [0.15, 0.2) is 22.5 Å². The number of rotatable bonds is 3. The molecule has 0 amide bonds. The molecule has 0 atom stereocenters. The van der Waals surface area contributed by atoms with Crippen LogP contribution in [0.25, 0.3) is 0 Å². The van der Waals surface area contributed by atoms with Gasteiger partial charge in [-0.25, -0.2) is 4.79 Å². The molecule has 5 heteroatoms. The van der Waals surface area contributed by atoms with Crippen molar-refractivity contribution in [3.8, 4) is 0 Å². The third-order valence-electron chi connectivity index (χ3n) is 2.51. The summed E-state index contributed by atoms with van der Waals surface area (Å²) in [7, 11) is 1.31. The summed E-state index contributed by atoms with van der Waals surface area (Å²) in [4.78, 5) is 35.3. The highest BCUT2D eigenvalue weighted by Gasteiger charge is 2.35. The van der Waals surface area contributed by atoms with E-state index < -0.39 is 17.5 Å². The normalized spacial score (nSPS) is 16.5. The van der Waals surface area contributed by atoms with Gasteiger partial charge in [0.25, 0.3) is 0 Å². The summed E-state index contributed by atoms with van der Waals surface area (Å²) in [6.07, 6.45) is 0. The Morgan fingerprint density at radius 2 is 1.71 bits per heavy atom. The van der Waals surface area contributed by atoms with Crippen molar-refractivity contribution in [2.75, 3.05) is 13.7 Å². The highest BCUT2D eigenvalue weighted by Crippen LogP contribution is 2.25. The topological polar surface area (TPSA) is 69.7 Å². The van der Waals surface area contributed by atoms with Gasteiger partial charge in [-0.1, -0.05) is 0 Å². The Morgan fingerprint density at radius 1 is 1.12 bits per heavy atom. The molecule has 0 bridgehead atoms. The third-order valence-corrected chi connectivity index (χ3v) is 2.51. The second-order valence-corrected chi connectivity index (χ2v) is 3.54. The maximum Gasteiger partial charge on any atom is 0.342 e. The van der Waals surface area contributed by atoms with E-state index in [4.69, 9.17) is 9.47 Å². The van der Waals surface area contributed by atoms with Crippen LogP contribution in [0.3, 0.4) is 0 Å². The molecule has 0 N–H and O–H groups in total. The lowest BCUT2D eigenvalue weighted by Crippen LogP contribution is -2.28. The molecule has 92 valence electrons. The Morgan fingerprint density at radius 3 is 2.18 bits per heavy atom. The van der Waals surface area contributed by atoms with Gasteiger partial charge in [-0.15, -0.1) is 0 Å². The Labute approximate surface area is 99.1 Å². The molecule has 0 radical (unpaired) electrons. The summed E-state index contributed by atoms with van der Waals surface area (Å²) in [5.74, 6) is -1.75. The minimum absolute atomic E-state index is 0.0134. The number of esters is 1.